The van der Waals surface area contributed by atoms with Crippen LogP contribution in [0.1, 0.15) is 17.5 Å². The number of benzene rings is 2. The number of aliphatic imine (C=N–C) groups is 1. The Kier molecular flexibility index (Phi) is 10.2. The summed E-state index contributed by atoms with van der Waals surface area (Å²) in [6.45, 7) is 8.09. The van der Waals surface area contributed by atoms with Gasteiger partial charge in [-0.05, 0) is 43.7 Å². The quantitative estimate of drug-likeness (QED) is 0.246. The fourth-order valence-corrected chi connectivity index (χ4v) is 3.11. The van der Waals surface area contributed by atoms with Crippen molar-refractivity contribution < 1.29 is 9.47 Å². The molecule has 0 bridgehead atoms. The Labute approximate surface area is 190 Å². The molecule has 0 aromatic heterocycles. The van der Waals surface area contributed by atoms with Crippen LogP contribution in [0.25, 0.3) is 0 Å². The van der Waals surface area contributed by atoms with Gasteiger partial charge in [0.25, 0.3) is 0 Å². The molecule has 2 aromatic rings. The van der Waals surface area contributed by atoms with Gasteiger partial charge in [-0.1, -0.05) is 30.3 Å². The zero-order valence-corrected chi connectivity index (χ0v) is 19.3. The summed E-state index contributed by atoms with van der Waals surface area (Å²) in [5.74, 6) is 2.09. The highest BCUT2D eigenvalue weighted by atomic mass is 127. The minimum absolute atomic E-state index is 0. The van der Waals surface area contributed by atoms with Gasteiger partial charge in [0.1, 0.15) is 11.5 Å². The second-order valence-electron chi connectivity index (χ2n) is 6.96. The van der Waals surface area contributed by atoms with E-state index in [9.17, 15) is 0 Å². The van der Waals surface area contributed by atoms with E-state index in [1.54, 1.807) is 0 Å². The summed E-state index contributed by atoms with van der Waals surface area (Å²) in [6, 6.07) is 15.9. The Morgan fingerprint density at radius 2 is 1.97 bits per heavy atom. The molecule has 2 aromatic carbocycles. The van der Waals surface area contributed by atoms with E-state index in [-0.39, 0.29) is 24.0 Å². The first-order chi connectivity index (χ1) is 13.7. The maximum atomic E-state index is 6.04. The monoisotopic (exact) mass is 510 g/mol. The number of nitrogens with two attached hydrogens (primary N) is 1. The lowest BCUT2D eigenvalue weighted by atomic mass is 10.2. The van der Waals surface area contributed by atoms with Gasteiger partial charge in [0.2, 0.25) is 0 Å². The highest BCUT2D eigenvalue weighted by molar-refractivity contribution is 14.0. The molecule has 0 saturated carbocycles. The first kappa shape index (κ1) is 23.4. The van der Waals surface area contributed by atoms with Gasteiger partial charge < -0.3 is 20.5 Å². The molecular formula is C22H31IN4O2. The summed E-state index contributed by atoms with van der Waals surface area (Å²) in [5, 5.41) is 3.20. The summed E-state index contributed by atoms with van der Waals surface area (Å²) in [6.07, 6.45) is 1.03. The van der Waals surface area contributed by atoms with E-state index in [4.69, 9.17) is 15.2 Å². The first-order valence-corrected chi connectivity index (χ1v) is 9.87. The molecule has 0 aliphatic carbocycles. The fourth-order valence-electron chi connectivity index (χ4n) is 3.11. The van der Waals surface area contributed by atoms with Gasteiger partial charge in [-0.3, -0.25) is 4.90 Å². The molecular weight excluding hydrogens is 479 g/mol. The van der Waals surface area contributed by atoms with E-state index in [1.807, 2.05) is 42.5 Å². The lowest BCUT2D eigenvalue weighted by molar-refractivity contribution is 0.0376. The van der Waals surface area contributed by atoms with Crippen LogP contribution in [-0.2, 0) is 11.3 Å². The predicted molar refractivity (Wildman–Crippen MR) is 128 cm³/mol. The third kappa shape index (κ3) is 8.20. The van der Waals surface area contributed by atoms with Crippen LogP contribution in [0.15, 0.2) is 53.5 Å². The van der Waals surface area contributed by atoms with Crippen molar-refractivity contribution >= 4 is 29.9 Å². The third-order valence-corrected chi connectivity index (χ3v) is 4.67. The normalized spacial score (nSPS) is 14.9. The number of hydrogen-bond donors (Lipinski definition) is 2. The van der Waals surface area contributed by atoms with Crippen molar-refractivity contribution in [2.45, 2.75) is 19.9 Å². The molecule has 6 nitrogen and oxygen atoms in total. The molecule has 3 N–H and O–H groups in total. The number of nitrogens with one attached hydrogen (secondary N) is 1. The first-order valence-electron chi connectivity index (χ1n) is 9.87. The molecule has 1 fully saturated rings. The largest absolute Gasteiger partial charge is 0.457 e. The Hall–Kier alpha value is -1.84. The fraction of sp³-hybridized carbons (Fsp3) is 0.409. The van der Waals surface area contributed by atoms with Gasteiger partial charge in [-0.15, -0.1) is 24.0 Å². The molecule has 0 spiro atoms. The summed E-state index contributed by atoms with van der Waals surface area (Å²) in [5.41, 5.74) is 8.19. The summed E-state index contributed by atoms with van der Waals surface area (Å²) >= 11 is 0. The number of morpholine rings is 1. The van der Waals surface area contributed by atoms with Crippen molar-refractivity contribution in [2.24, 2.45) is 10.7 Å². The number of rotatable bonds is 8. The SMILES string of the molecule is Cc1cccc(Oc2ccccc2CN=C(N)NCCCN2CCOCC2)c1.I. The van der Waals surface area contributed by atoms with E-state index in [0.29, 0.717) is 12.5 Å². The van der Waals surface area contributed by atoms with Gasteiger partial charge in [-0.25, -0.2) is 4.99 Å². The molecule has 0 radical (unpaired) electrons. The molecule has 158 valence electrons. The molecule has 3 rings (SSSR count). The Balaban J connectivity index is 0.00000300. The zero-order valence-electron chi connectivity index (χ0n) is 17.0. The van der Waals surface area contributed by atoms with E-state index in [1.165, 1.54) is 5.56 Å². The molecule has 1 aliphatic heterocycles. The lowest BCUT2D eigenvalue weighted by Gasteiger charge is -2.26. The lowest BCUT2D eigenvalue weighted by Crippen LogP contribution is -2.39. The predicted octanol–water partition coefficient (Wildman–Crippen LogP) is 3.53. The van der Waals surface area contributed by atoms with Crippen LogP contribution in [-0.4, -0.2) is 50.3 Å². The summed E-state index contributed by atoms with van der Waals surface area (Å²) in [4.78, 5) is 6.88. The number of nitrogens with zero attached hydrogens (tertiary/aromatic N) is 2. The van der Waals surface area contributed by atoms with Crippen LogP contribution in [0.2, 0.25) is 0 Å². The zero-order chi connectivity index (χ0) is 19.6. The minimum atomic E-state index is 0. The second-order valence-corrected chi connectivity index (χ2v) is 6.96. The smallest absolute Gasteiger partial charge is 0.188 e. The minimum Gasteiger partial charge on any atom is -0.457 e. The van der Waals surface area contributed by atoms with Gasteiger partial charge >= 0.3 is 0 Å². The number of ether oxygens (including phenoxy) is 2. The molecule has 1 aliphatic rings. The van der Waals surface area contributed by atoms with E-state index in [0.717, 1.165) is 62.9 Å². The van der Waals surface area contributed by atoms with E-state index in [2.05, 4.69) is 28.2 Å². The average molecular weight is 510 g/mol. The van der Waals surface area contributed by atoms with Gasteiger partial charge in [0.05, 0.1) is 19.8 Å². The topological polar surface area (TPSA) is 72.1 Å². The van der Waals surface area contributed by atoms with Crippen molar-refractivity contribution in [3.8, 4) is 11.5 Å². The van der Waals surface area contributed by atoms with Crippen molar-refractivity contribution in [1.29, 1.82) is 0 Å². The van der Waals surface area contributed by atoms with Crippen LogP contribution >= 0.6 is 24.0 Å². The summed E-state index contributed by atoms with van der Waals surface area (Å²) < 4.78 is 11.4. The Morgan fingerprint density at radius 1 is 1.17 bits per heavy atom. The standard InChI is InChI=1S/C22H30N4O2.HI/c1-18-6-4-8-20(16-18)28-21-9-3-2-7-19(21)17-25-22(23)24-10-5-11-26-12-14-27-15-13-26;/h2-4,6-9,16H,5,10-15,17H2,1H3,(H3,23,24,25);1H. The second kappa shape index (κ2) is 12.7. The Morgan fingerprint density at radius 3 is 2.76 bits per heavy atom. The molecule has 0 atom stereocenters. The average Bonchev–Trinajstić information content (AvgIpc) is 2.71. The number of aryl methyl sites for hydroxylation is 1. The van der Waals surface area contributed by atoms with Crippen molar-refractivity contribution in [3.05, 3.63) is 59.7 Å². The maximum absolute atomic E-state index is 6.04. The molecule has 0 unspecified atom stereocenters. The van der Waals surface area contributed by atoms with E-state index < -0.39 is 0 Å². The van der Waals surface area contributed by atoms with Crippen molar-refractivity contribution in [3.63, 3.8) is 0 Å². The van der Waals surface area contributed by atoms with Crippen LogP contribution in [0.5, 0.6) is 11.5 Å². The third-order valence-electron chi connectivity index (χ3n) is 4.67. The maximum Gasteiger partial charge on any atom is 0.188 e. The molecule has 1 saturated heterocycles. The van der Waals surface area contributed by atoms with Crippen LogP contribution in [0.3, 0.4) is 0 Å². The van der Waals surface area contributed by atoms with Crippen LogP contribution in [0, 0.1) is 6.92 Å². The van der Waals surface area contributed by atoms with Crippen molar-refractivity contribution in [2.75, 3.05) is 39.4 Å². The Bertz CT molecular complexity index is 779. The van der Waals surface area contributed by atoms with Gasteiger partial charge in [0, 0.05) is 25.2 Å². The molecule has 29 heavy (non-hydrogen) atoms. The van der Waals surface area contributed by atoms with Crippen molar-refractivity contribution in [1.82, 2.24) is 10.2 Å². The summed E-state index contributed by atoms with van der Waals surface area (Å²) in [7, 11) is 0. The molecule has 1 heterocycles. The van der Waals surface area contributed by atoms with Crippen LogP contribution < -0.4 is 15.8 Å². The highest BCUT2D eigenvalue weighted by Crippen LogP contribution is 2.26. The number of para-hydroxylation sites is 1. The van der Waals surface area contributed by atoms with Gasteiger partial charge in [-0.2, -0.15) is 0 Å². The molecule has 7 heteroatoms. The molecule has 0 amide bonds. The number of hydrogen-bond acceptors (Lipinski definition) is 4. The van der Waals surface area contributed by atoms with Crippen LogP contribution in [0.4, 0.5) is 0 Å². The number of halogens is 1. The highest BCUT2D eigenvalue weighted by Gasteiger charge is 2.09. The van der Waals surface area contributed by atoms with E-state index >= 15 is 0 Å². The number of guanidine groups is 1. The van der Waals surface area contributed by atoms with Gasteiger partial charge in [0.15, 0.2) is 5.96 Å².